The molecule has 0 atom stereocenters. The van der Waals surface area contributed by atoms with Gasteiger partial charge in [-0.1, -0.05) is 60.7 Å². The number of fused-ring (bicyclic) bond motifs is 3. The fourth-order valence-electron chi connectivity index (χ4n) is 4.58. The normalized spacial score (nSPS) is 12.3. The Bertz CT molecular complexity index is 2270. The minimum Gasteiger partial charge on any atom is -0.258 e. The predicted molar refractivity (Wildman–Crippen MR) is 146 cm³/mol. The number of rotatable bonds is 5. The van der Waals surface area contributed by atoms with Gasteiger partial charge >= 0.3 is 5.69 Å². The molecule has 0 radical (unpaired) electrons. The molecule has 10 nitrogen and oxygen atoms in total. The Labute approximate surface area is 221 Å². The van der Waals surface area contributed by atoms with Gasteiger partial charge in [-0.3, -0.25) is 10.1 Å². The maximum Gasteiger partial charge on any atom is 0.357 e. The van der Waals surface area contributed by atoms with Crippen LogP contribution in [0.15, 0.2) is 118 Å². The van der Waals surface area contributed by atoms with Crippen LogP contribution < -0.4 is 5.69 Å². The number of nitro groups is 1. The van der Waals surface area contributed by atoms with E-state index >= 15 is 0 Å². The first-order valence-electron chi connectivity index (χ1n) is 11.5. The first kappa shape index (κ1) is 24.5. The minimum absolute atomic E-state index is 0.246. The Hall–Kier alpha value is -4.81. The first-order chi connectivity index (χ1) is 18.6. The lowest BCUT2D eigenvalue weighted by Gasteiger charge is -2.08. The topological polar surface area (TPSA) is 138 Å². The van der Waals surface area contributed by atoms with Gasteiger partial charge in [-0.25, -0.2) is 21.6 Å². The zero-order valence-corrected chi connectivity index (χ0v) is 21.5. The van der Waals surface area contributed by atoms with Crippen LogP contribution in [-0.2, 0) is 20.0 Å². The van der Waals surface area contributed by atoms with Crippen molar-refractivity contribution in [3.8, 4) is 0 Å². The monoisotopic (exact) mass is 559 g/mol. The molecule has 0 amide bonds. The van der Waals surface area contributed by atoms with E-state index in [2.05, 4.69) is 0 Å². The van der Waals surface area contributed by atoms with Gasteiger partial charge in [0.1, 0.15) is 0 Å². The standard InChI is InChI=1S/C27H17N3O7S2/c31-27-28(38(34,35)23-12-9-18-5-1-3-7-20(18)15-23)25-14-11-22(30(32)33)17-26(25)29(27)39(36,37)24-13-10-19-6-2-4-8-21(19)16-24/h1-17H. The van der Waals surface area contributed by atoms with Crippen LogP contribution in [0, 0.1) is 10.1 Å². The van der Waals surface area contributed by atoms with Crippen molar-refractivity contribution in [2.75, 3.05) is 0 Å². The molecule has 0 spiro atoms. The van der Waals surface area contributed by atoms with Gasteiger partial charge in [-0.2, -0.15) is 7.94 Å². The van der Waals surface area contributed by atoms with Gasteiger partial charge in [-0.05, 0) is 51.9 Å². The van der Waals surface area contributed by atoms with Crippen LogP contribution >= 0.6 is 0 Å². The van der Waals surface area contributed by atoms with Gasteiger partial charge < -0.3 is 0 Å². The number of nitro benzene ring substituents is 1. The smallest absolute Gasteiger partial charge is 0.258 e. The zero-order chi connectivity index (χ0) is 27.5. The molecule has 194 valence electrons. The van der Waals surface area contributed by atoms with Gasteiger partial charge in [0.25, 0.3) is 25.7 Å². The quantitative estimate of drug-likeness (QED) is 0.224. The van der Waals surface area contributed by atoms with E-state index in [4.69, 9.17) is 0 Å². The van der Waals surface area contributed by atoms with Crippen molar-refractivity contribution in [3.05, 3.63) is 124 Å². The fourth-order valence-corrected chi connectivity index (χ4v) is 7.48. The third kappa shape index (κ3) is 3.80. The van der Waals surface area contributed by atoms with Crippen molar-refractivity contribution in [2.45, 2.75) is 9.79 Å². The molecular weight excluding hydrogens is 542 g/mol. The molecule has 0 N–H and O–H groups in total. The van der Waals surface area contributed by atoms with Crippen LogP contribution in [0.4, 0.5) is 5.69 Å². The van der Waals surface area contributed by atoms with E-state index < -0.39 is 41.9 Å². The van der Waals surface area contributed by atoms with Gasteiger partial charge in [-0.15, -0.1) is 0 Å². The molecule has 1 aromatic heterocycles. The van der Waals surface area contributed by atoms with E-state index in [1.165, 1.54) is 24.3 Å². The molecular formula is C27H17N3O7S2. The molecule has 0 aliphatic heterocycles. The molecule has 0 saturated heterocycles. The van der Waals surface area contributed by atoms with Crippen LogP contribution in [0.1, 0.15) is 0 Å². The fraction of sp³-hybridized carbons (Fsp3) is 0. The van der Waals surface area contributed by atoms with Crippen LogP contribution in [0.3, 0.4) is 0 Å². The third-order valence-electron chi connectivity index (χ3n) is 6.47. The van der Waals surface area contributed by atoms with Crippen molar-refractivity contribution in [3.63, 3.8) is 0 Å². The lowest BCUT2D eigenvalue weighted by Crippen LogP contribution is -2.33. The third-order valence-corrected chi connectivity index (χ3v) is 9.84. The van der Waals surface area contributed by atoms with E-state index in [1.54, 1.807) is 60.7 Å². The van der Waals surface area contributed by atoms with E-state index in [1.807, 2.05) is 0 Å². The number of hydrogen-bond donors (Lipinski definition) is 0. The molecule has 39 heavy (non-hydrogen) atoms. The molecule has 6 aromatic rings. The maximum absolute atomic E-state index is 13.8. The van der Waals surface area contributed by atoms with Crippen LogP contribution in [0.2, 0.25) is 0 Å². The number of benzene rings is 5. The zero-order valence-electron chi connectivity index (χ0n) is 19.8. The number of nitrogens with zero attached hydrogens (tertiary/aromatic N) is 3. The highest BCUT2D eigenvalue weighted by Crippen LogP contribution is 2.29. The highest BCUT2D eigenvalue weighted by Gasteiger charge is 2.32. The first-order valence-corrected chi connectivity index (χ1v) is 14.4. The average Bonchev–Trinajstić information content (AvgIpc) is 3.24. The summed E-state index contributed by atoms with van der Waals surface area (Å²) in [6, 6.07) is 25.4. The summed E-state index contributed by atoms with van der Waals surface area (Å²) in [4.78, 5) is 23.9. The maximum atomic E-state index is 13.8. The summed E-state index contributed by atoms with van der Waals surface area (Å²) in [5.74, 6) is 0. The Morgan fingerprint density at radius 3 is 1.51 bits per heavy atom. The van der Waals surface area contributed by atoms with Crippen molar-refractivity contribution >= 4 is 58.3 Å². The second-order valence-electron chi connectivity index (χ2n) is 8.77. The Kier molecular flexibility index (Phi) is 5.42. The Morgan fingerprint density at radius 1 is 0.564 bits per heavy atom. The highest BCUT2D eigenvalue weighted by molar-refractivity contribution is 7.91. The van der Waals surface area contributed by atoms with E-state index in [0.29, 0.717) is 18.7 Å². The molecule has 5 aromatic carbocycles. The lowest BCUT2D eigenvalue weighted by atomic mass is 10.1. The number of hydrogen-bond acceptors (Lipinski definition) is 7. The van der Waals surface area contributed by atoms with Gasteiger partial charge in [0, 0.05) is 12.1 Å². The predicted octanol–water partition coefficient (Wildman–Crippen LogP) is 4.49. The molecule has 0 bridgehead atoms. The number of aromatic nitrogens is 2. The van der Waals surface area contributed by atoms with Crippen molar-refractivity contribution in [1.82, 2.24) is 7.94 Å². The Morgan fingerprint density at radius 2 is 1.03 bits per heavy atom. The summed E-state index contributed by atoms with van der Waals surface area (Å²) >= 11 is 0. The summed E-state index contributed by atoms with van der Waals surface area (Å²) < 4.78 is 55.9. The largest absolute Gasteiger partial charge is 0.357 e. The summed E-state index contributed by atoms with van der Waals surface area (Å²) in [7, 11) is -9.32. The number of imidazole rings is 1. The average molecular weight is 560 g/mol. The summed E-state index contributed by atoms with van der Waals surface area (Å²) in [5, 5.41) is 14.2. The van der Waals surface area contributed by atoms with Crippen LogP contribution in [0.25, 0.3) is 32.6 Å². The molecule has 12 heteroatoms. The van der Waals surface area contributed by atoms with E-state index in [-0.39, 0.29) is 15.3 Å². The SMILES string of the molecule is O=c1n(S(=O)(=O)c2ccc3ccccc3c2)c2ccc([N+](=O)[O-])cc2n1S(=O)(=O)c1ccc2ccccc2c1. The molecule has 0 aliphatic carbocycles. The molecule has 0 fully saturated rings. The van der Waals surface area contributed by atoms with E-state index in [9.17, 15) is 31.7 Å². The summed E-state index contributed by atoms with van der Waals surface area (Å²) in [6.45, 7) is 0. The van der Waals surface area contributed by atoms with Crippen molar-refractivity contribution in [2.24, 2.45) is 0 Å². The van der Waals surface area contributed by atoms with Crippen LogP contribution in [0.5, 0.6) is 0 Å². The van der Waals surface area contributed by atoms with Crippen molar-refractivity contribution < 1.29 is 21.8 Å². The molecule has 0 unspecified atom stereocenters. The molecule has 1 heterocycles. The van der Waals surface area contributed by atoms with Gasteiger partial charge in [0.2, 0.25) is 0 Å². The lowest BCUT2D eigenvalue weighted by molar-refractivity contribution is -0.384. The highest BCUT2D eigenvalue weighted by atomic mass is 32.2. The van der Waals surface area contributed by atoms with Gasteiger partial charge in [0.15, 0.2) is 0 Å². The second-order valence-corrected chi connectivity index (χ2v) is 12.3. The molecule has 0 saturated carbocycles. The number of non-ortho nitro benzene ring substituents is 1. The Balaban J connectivity index is 1.66. The van der Waals surface area contributed by atoms with Crippen LogP contribution in [-0.4, -0.2) is 29.7 Å². The minimum atomic E-state index is -4.69. The van der Waals surface area contributed by atoms with Crippen molar-refractivity contribution in [1.29, 1.82) is 0 Å². The van der Waals surface area contributed by atoms with Gasteiger partial charge in [0.05, 0.1) is 25.7 Å². The molecule has 0 aliphatic rings. The van der Waals surface area contributed by atoms with E-state index in [0.717, 1.165) is 29.0 Å². The second kappa shape index (κ2) is 8.61. The summed E-state index contributed by atoms with van der Waals surface area (Å²) in [6.07, 6.45) is 0. The molecule has 6 rings (SSSR count). The summed E-state index contributed by atoms with van der Waals surface area (Å²) in [5.41, 5.74) is -2.66.